The Labute approximate surface area is 202 Å². The topological polar surface area (TPSA) is 129 Å². The summed E-state index contributed by atoms with van der Waals surface area (Å²) in [5, 5.41) is 18.7. The van der Waals surface area contributed by atoms with Gasteiger partial charge >= 0.3 is 6.03 Å². The molecule has 2 amide bonds. The van der Waals surface area contributed by atoms with Gasteiger partial charge in [-0.25, -0.2) is 17.9 Å². The number of carbonyl (C=O) groups excluding carboxylic acids is 1. The number of nitrogens with one attached hydrogen (secondary N) is 4. The second-order valence-corrected chi connectivity index (χ2v) is 9.23. The van der Waals surface area contributed by atoms with Crippen LogP contribution in [-0.2, 0) is 14.8 Å². The average Bonchev–Trinajstić information content (AvgIpc) is 2.72. The molecule has 2 aromatic carbocycles. The number of benzene rings is 2. The number of hydrogen-bond donors (Lipinski definition) is 5. The van der Waals surface area contributed by atoms with Crippen LogP contribution in [0.4, 0.5) is 16.2 Å². The van der Waals surface area contributed by atoms with Gasteiger partial charge < -0.3 is 25.8 Å². The van der Waals surface area contributed by atoms with Gasteiger partial charge in [-0.1, -0.05) is 35.3 Å². The molecule has 0 aliphatic carbocycles. The number of morpholine rings is 1. The lowest BCUT2D eigenvalue weighted by atomic mass is 10.2. The van der Waals surface area contributed by atoms with Crippen molar-refractivity contribution in [1.82, 2.24) is 10.0 Å². The van der Waals surface area contributed by atoms with Crippen molar-refractivity contribution < 1.29 is 23.1 Å². The highest BCUT2D eigenvalue weighted by atomic mass is 35.5. The van der Waals surface area contributed by atoms with Crippen LogP contribution in [0.15, 0.2) is 41.3 Å². The molecule has 32 heavy (non-hydrogen) atoms. The molecule has 3 rings (SSSR count). The fourth-order valence-corrected chi connectivity index (χ4v) is 4.83. The maximum absolute atomic E-state index is 12.7. The van der Waals surface area contributed by atoms with Gasteiger partial charge in [0.2, 0.25) is 10.0 Å². The van der Waals surface area contributed by atoms with Crippen molar-refractivity contribution in [1.29, 1.82) is 0 Å². The maximum atomic E-state index is 12.7. The Morgan fingerprint density at radius 1 is 1.12 bits per heavy atom. The van der Waals surface area contributed by atoms with Crippen molar-refractivity contribution >= 4 is 63.0 Å². The largest absolute Gasteiger partial charge is 0.504 e. The van der Waals surface area contributed by atoms with E-state index in [2.05, 4.69) is 20.7 Å². The molecule has 1 heterocycles. The van der Waals surface area contributed by atoms with E-state index in [0.717, 1.165) is 6.54 Å². The van der Waals surface area contributed by atoms with Gasteiger partial charge in [-0.3, -0.25) is 0 Å². The summed E-state index contributed by atoms with van der Waals surface area (Å²) in [6.07, 6.45) is 0.338. The summed E-state index contributed by atoms with van der Waals surface area (Å²) in [6.45, 7) is 2.05. The Hall–Kier alpha value is -1.79. The Bertz CT molecular complexity index is 1050. The molecule has 1 aliphatic heterocycles. The molecule has 0 spiro atoms. The van der Waals surface area contributed by atoms with Crippen molar-refractivity contribution in [3.63, 3.8) is 0 Å². The maximum Gasteiger partial charge on any atom is 0.323 e. The number of phenols is 1. The van der Waals surface area contributed by atoms with Gasteiger partial charge in [0.1, 0.15) is 4.90 Å². The molecule has 1 unspecified atom stereocenters. The summed E-state index contributed by atoms with van der Waals surface area (Å²) >= 11 is 12.0. The number of phenolic OH excluding ortho intramolecular Hbond substituents is 1. The van der Waals surface area contributed by atoms with Crippen molar-refractivity contribution in [2.75, 3.05) is 36.9 Å². The summed E-state index contributed by atoms with van der Waals surface area (Å²) in [7, 11) is -4.15. The predicted octanol–water partition coefficient (Wildman–Crippen LogP) is 3.42. The van der Waals surface area contributed by atoms with Gasteiger partial charge in [0.15, 0.2) is 5.75 Å². The van der Waals surface area contributed by atoms with Gasteiger partial charge in [-0.05, 0) is 30.7 Å². The number of rotatable bonds is 7. The number of para-hydroxylation sites is 1. The lowest BCUT2D eigenvalue weighted by Crippen LogP contribution is -2.40. The molecule has 1 saturated heterocycles. The third-order valence-electron chi connectivity index (χ3n) is 4.49. The molecule has 0 saturated carbocycles. The number of hydrogen-bond acceptors (Lipinski definition) is 6. The predicted molar refractivity (Wildman–Crippen MR) is 127 cm³/mol. The molecule has 0 bridgehead atoms. The lowest BCUT2D eigenvalue weighted by molar-refractivity contribution is 0.0247. The first-order valence-corrected chi connectivity index (χ1v) is 11.7. The van der Waals surface area contributed by atoms with Crippen LogP contribution in [0, 0.1) is 0 Å². The standard InChI is InChI=1S/C19H22Cl2N4O5S.ClH/c20-13-3-1-2-4-15(13)24-19(27)25-16-6-5-14(21)18(17(16)26)31(28,29)23-8-7-12-11-22-9-10-30-12;/h1-6,12,22-23,26H,7-11H2,(H2,24,25,27);1H. The van der Waals surface area contributed by atoms with Crippen LogP contribution in [0.3, 0.4) is 0 Å². The molecule has 13 heteroatoms. The van der Waals surface area contributed by atoms with E-state index >= 15 is 0 Å². The van der Waals surface area contributed by atoms with Crippen LogP contribution in [0.25, 0.3) is 0 Å². The quantitative estimate of drug-likeness (QED) is 0.352. The Kier molecular flexibility index (Phi) is 9.83. The van der Waals surface area contributed by atoms with Crippen molar-refractivity contribution in [2.24, 2.45) is 0 Å². The van der Waals surface area contributed by atoms with Crippen molar-refractivity contribution in [3.05, 3.63) is 46.4 Å². The number of sulfonamides is 1. The molecule has 1 atom stereocenters. The smallest absolute Gasteiger partial charge is 0.323 e. The molecule has 2 aromatic rings. The zero-order valence-electron chi connectivity index (χ0n) is 16.7. The van der Waals surface area contributed by atoms with Crippen LogP contribution in [0.5, 0.6) is 5.75 Å². The van der Waals surface area contributed by atoms with Crippen molar-refractivity contribution in [3.8, 4) is 5.75 Å². The van der Waals surface area contributed by atoms with Gasteiger partial charge in [0, 0.05) is 19.6 Å². The minimum Gasteiger partial charge on any atom is -0.504 e. The van der Waals surface area contributed by atoms with Crippen LogP contribution >= 0.6 is 35.6 Å². The molecular formula is C19H23Cl3N4O5S. The molecular weight excluding hydrogens is 503 g/mol. The van der Waals surface area contributed by atoms with Crippen LogP contribution in [-0.4, -0.2) is 51.9 Å². The molecule has 1 aliphatic rings. The lowest BCUT2D eigenvalue weighted by Gasteiger charge is -2.23. The third-order valence-corrected chi connectivity index (χ3v) is 6.78. The highest BCUT2D eigenvalue weighted by molar-refractivity contribution is 7.89. The van der Waals surface area contributed by atoms with E-state index in [1.54, 1.807) is 24.3 Å². The number of carbonyl (C=O) groups is 1. The van der Waals surface area contributed by atoms with E-state index in [-0.39, 0.29) is 35.8 Å². The number of halogens is 3. The van der Waals surface area contributed by atoms with E-state index < -0.39 is 26.7 Å². The summed E-state index contributed by atoms with van der Waals surface area (Å²) in [5.74, 6) is -0.676. The van der Waals surface area contributed by atoms with Crippen LogP contribution < -0.4 is 20.7 Å². The molecule has 5 N–H and O–H groups in total. The van der Waals surface area contributed by atoms with Crippen molar-refractivity contribution in [2.45, 2.75) is 17.4 Å². The second-order valence-electron chi connectivity index (χ2n) is 6.72. The van der Waals surface area contributed by atoms with Gasteiger partial charge in [-0.15, -0.1) is 12.4 Å². The third kappa shape index (κ3) is 6.85. The first-order valence-electron chi connectivity index (χ1n) is 9.44. The molecule has 0 radical (unpaired) electrons. The van der Waals surface area contributed by atoms with E-state index in [1.807, 2.05) is 0 Å². The minimum atomic E-state index is -4.15. The Balaban J connectivity index is 0.00000363. The normalized spacial score (nSPS) is 16.1. The molecule has 176 valence electrons. The number of amides is 2. The fourth-order valence-electron chi connectivity index (χ4n) is 2.97. The fraction of sp³-hybridized carbons (Fsp3) is 0.316. The van der Waals surface area contributed by atoms with Gasteiger partial charge in [0.05, 0.1) is 34.1 Å². The molecule has 9 nitrogen and oxygen atoms in total. The van der Waals surface area contributed by atoms with Gasteiger partial charge in [0.25, 0.3) is 0 Å². The number of ether oxygens (including phenoxy) is 1. The second kappa shape index (κ2) is 11.9. The van der Waals surface area contributed by atoms with Crippen LogP contribution in [0.1, 0.15) is 6.42 Å². The Morgan fingerprint density at radius 3 is 2.53 bits per heavy atom. The number of urea groups is 1. The highest BCUT2D eigenvalue weighted by Crippen LogP contribution is 2.37. The highest BCUT2D eigenvalue weighted by Gasteiger charge is 2.26. The van der Waals surface area contributed by atoms with E-state index in [9.17, 15) is 18.3 Å². The molecule has 1 fully saturated rings. The van der Waals surface area contributed by atoms with Gasteiger partial charge in [-0.2, -0.15) is 0 Å². The summed E-state index contributed by atoms with van der Waals surface area (Å²) in [4.78, 5) is 11.7. The zero-order valence-corrected chi connectivity index (χ0v) is 19.9. The zero-order chi connectivity index (χ0) is 22.4. The first kappa shape index (κ1) is 26.5. The summed E-state index contributed by atoms with van der Waals surface area (Å²) in [5.41, 5.74) is 0.221. The monoisotopic (exact) mass is 524 g/mol. The van der Waals surface area contributed by atoms with E-state index in [0.29, 0.717) is 30.3 Å². The Morgan fingerprint density at radius 2 is 1.84 bits per heavy atom. The summed E-state index contributed by atoms with van der Waals surface area (Å²) in [6, 6.07) is 8.43. The average molecular weight is 526 g/mol. The minimum absolute atomic E-state index is 0. The summed E-state index contributed by atoms with van der Waals surface area (Å²) < 4.78 is 33.4. The first-order chi connectivity index (χ1) is 14.8. The molecule has 0 aromatic heterocycles. The number of anilines is 2. The van der Waals surface area contributed by atoms with Crippen LogP contribution in [0.2, 0.25) is 10.0 Å². The van der Waals surface area contributed by atoms with E-state index in [1.165, 1.54) is 12.1 Å². The number of aromatic hydroxyl groups is 1. The SMILES string of the molecule is Cl.O=C(Nc1ccccc1Cl)Nc1ccc(Cl)c(S(=O)(=O)NCCC2CNCCO2)c1O. The van der Waals surface area contributed by atoms with E-state index in [4.69, 9.17) is 27.9 Å².